The number of hydrogen-bond acceptors (Lipinski definition) is 4. The summed E-state index contributed by atoms with van der Waals surface area (Å²) in [5.41, 5.74) is 6.57. The lowest BCUT2D eigenvalue weighted by atomic mass is 10.1. The van der Waals surface area contributed by atoms with E-state index >= 15 is 0 Å². The number of rotatable bonds is 8. The summed E-state index contributed by atoms with van der Waals surface area (Å²) >= 11 is 0. The van der Waals surface area contributed by atoms with Crippen LogP contribution in [-0.4, -0.2) is 17.4 Å². The molecule has 3 N–H and O–H groups in total. The third-order valence-electron chi connectivity index (χ3n) is 4.12. The van der Waals surface area contributed by atoms with Crippen molar-refractivity contribution in [3.8, 4) is 11.6 Å². The molecule has 144 valence electrons. The van der Waals surface area contributed by atoms with E-state index in [2.05, 4.69) is 10.3 Å². The number of nitrogens with two attached hydrogens (primary N) is 1. The number of hydrogen-bond donors (Lipinski definition) is 2. The van der Waals surface area contributed by atoms with Crippen LogP contribution < -0.4 is 15.8 Å². The maximum Gasteiger partial charge on any atom is 0.250 e. The highest BCUT2D eigenvalue weighted by atomic mass is 19.1. The highest BCUT2D eigenvalue weighted by molar-refractivity contribution is 5.92. The van der Waals surface area contributed by atoms with Gasteiger partial charge in [-0.3, -0.25) is 4.79 Å². The summed E-state index contributed by atoms with van der Waals surface area (Å²) in [5.74, 6) is -0.691. The van der Waals surface area contributed by atoms with Gasteiger partial charge in [-0.2, -0.15) is 0 Å². The van der Waals surface area contributed by atoms with E-state index in [0.29, 0.717) is 30.2 Å². The molecular weight excluding hydrogens is 364 g/mol. The average molecular weight is 383 g/mol. The van der Waals surface area contributed by atoms with Crippen molar-refractivity contribution in [2.24, 2.45) is 5.73 Å². The zero-order chi connectivity index (χ0) is 19.9. The van der Waals surface area contributed by atoms with Crippen LogP contribution in [0.25, 0.3) is 0 Å². The Bertz CT molecular complexity index is 925. The molecule has 0 bridgehead atoms. The van der Waals surface area contributed by atoms with Gasteiger partial charge in [-0.15, -0.1) is 0 Å². The number of benzene rings is 2. The van der Waals surface area contributed by atoms with Gasteiger partial charge in [0, 0.05) is 24.4 Å². The minimum atomic E-state index is -0.550. The number of pyridine rings is 1. The first-order valence-corrected chi connectivity index (χ1v) is 8.69. The van der Waals surface area contributed by atoms with Gasteiger partial charge in [0.2, 0.25) is 11.8 Å². The lowest BCUT2D eigenvalue weighted by molar-refractivity contribution is 0.1000. The number of aromatic nitrogens is 1. The maximum absolute atomic E-state index is 13.6. The van der Waals surface area contributed by atoms with Gasteiger partial charge in [-0.1, -0.05) is 18.2 Å². The first-order chi connectivity index (χ1) is 13.5. The van der Waals surface area contributed by atoms with Crippen LogP contribution in [0.1, 0.15) is 21.5 Å². The fourth-order valence-corrected chi connectivity index (χ4v) is 2.58. The molecule has 0 spiro atoms. The molecule has 0 aliphatic carbocycles. The second-order valence-corrected chi connectivity index (χ2v) is 6.12. The predicted octanol–water partition coefficient (Wildman–Crippen LogP) is 3.58. The third-order valence-corrected chi connectivity index (χ3v) is 4.12. The molecule has 0 aliphatic heterocycles. The summed E-state index contributed by atoms with van der Waals surface area (Å²) in [6.07, 6.45) is 2.05. The van der Waals surface area contributed by atoms with Gasteiger partial charge in [0.15, 0.2) is 0 Å². The maximum atomic E-state index is 13.6. The van der Waals surface area contributed by atoms with Crippen molar-refractivity contribution in [3.05, 3.63) is 89.1 Å². The standard InChI is InChI=1S/C21H19F2N3O2/c22-18-2-1-3-19(23)17(18)13-25-11-10-14-4-7-16(8-5-14)28-20-9-6-15(12-26-20)21(24)27/h1-9,12,25H,10-11,13H2,(H2,24,27). The van der Waals surface area contributed by atoms with Crippen molar-refractivity contribution in [3.63, 3.8) is 0 Å². The summed E-state index contributed by atoms with van der Waals surface area (Å²) in [5, 5.41) is 3.04. The van der Waals surface area contributed by atoms with E-state index in [9.17, 15) is 13.6 Å². The monoisotopic (exact) mass is 383 g/mol. The molecular formula is C21H19F2N3O2. The zero-order valence-electron chi connectivity index (χ0n) is 15.0. The first kappa shape index (κ1) is 19.4. The van der Waals surface area contributed by atoms with Crippen molar-refractivity contribution in [2.45, 2.75) is 13.0 Å². The smallest absolute Gasteiger partial charge is 0.250 e. The van der Waals surface area contributed by atoms with Gasteiger partial charge >= 0.3 is 0 Å². The fraction of sp³-hybridized carbons (Fsp3) is 0.143. The molecule has 3 aromatic rings. The van der Waals surface area contributed by atoms with Crippen LogP contribution >= 0.6 is 0 Å². The molecule has 0 saturated carbocycles. The van der Waals surface area contributed by atoms with Crippen LogP contribution in [0.2, 0.25) is 0 Å². The lowest BCUT2D eigenvalue weighted by Crippen LogP contribution is -2.18. The molecule has 1 aromatic heterocycles. The van der Waals surface area contributed by atoms with Crippen molar-refractivity contribution >= 4 is 5.91 Å². The minimum absolute atomic E-state index is 0.0427. The zero-order valence-corrected chi connectivity index (χ0v) is 15.0. The largest absolute Gasteiger partial charge is 0.439 e. The second-order valence-electron chi connectivity index (χ2n) is 6.12. The highest BCUT2D eigenvalue weighted by Gasteiger charge is 2.07. The van der Waals surface area contributed by atoms with Gasteiger partial charge in [0.1, 0.15) is 17.4 Å². The number of ether oxygens (including phenoxy) is 1. The van der Waals surface area contributed by atoms with E-state index in [1.807, 2.05) is 12.1 Å². The Kier molecular flexibility index (Phi) is 6.29. The molecule has 28 heavy (non-hydrogen) atoms. The van der Waals surface area contributed by atoms with E-state index in [-0.39, 0.29) is 12.1 Å². The quantitative estimate of drug-likeness (QED) is 0.583. The van der Waals surface area contributed by atoms with Gasteiger partial charge in [-0.05, 0) is 48.9 Å². The van der Waals surface area contributed by atoms with Gasteiger partial charge < -0.3 is 15.8 Å². The van der Waals surface area contributed by atoms with E-state index < -0.39 is 17.5 Å². The van der Waals surface area contributed by atoms with Gasteiger partial charge in [-0.25, -0.2) is 13.8 Å². The Morgan fingerprint density at radius 2 is 1.75 bits per heavy atom. The van der Waals surface area contributed by atoms with Gasteiger partial charge in [0.25, 0.3) is 0 Å². The van der Waals surface area contributed by atoms with Gasteiger partial charge in [0.05, 0.1) is 5.56 Å². The second kappa shape index (κ2) is 9.05. The molecule has 5 nitrogen and oxygen atoms in total. The minimum Gasteiger partial charge on any atom is -0.439 e. The van der Waals surface area contributed by atoms with E-state index in [4.69, 9.17) is 10.5 Å². The van der Waals surface area contributed by atoms with Crippen LogP contribution in [0.3, 0.4) is 0 Å². The third kappa shape index (κ3) is 5.11. The molecule has 2 aromatic carbocycles. The number of carbonyl (C=O) groups is 1. The molecule has 0 radical (unpaired) electrons. The Balaban J connectivity index is 1.48. The molecule has 0 fully saturated rings. The fourth-order valence-electron chi connectivity index (χ4n) is 2.58. The normalized spacial score (nSPS) is 10.6. The van der Waals surface area contributed by atoms with Crippen LogP contribution in [-0.2, 0) is 13.0 Å². The molecule has 0 atom stereocenters. The summed E-state index contributed by atoms with van der Waals surface area (Å²) < 4.78 is 32.7. The Morgan fingerprint density at radius 1 is 1.04 bits per heavy atom. The molecule has 3 rings (SSSR count). The van der Waals surface area contributed by atoms with Crippen molar-refractivity contribution in [1.82, 2.24) is 10.3 Å². The van der Waals surface area contributed by atoms with Crippen molar-refractivity contribution in [1.29, 1.82) is 0 Å². The molecule has 1 amide bonds. The Hall–Kier alpha value is -3.32. The Morgan fingerprint density at radius 3 is 2.36 bits per heavy atom. The van der Waals surface area contributed by atoms with E-state index in [1.54, 1.807) is 24.3 Å². The van der Waals surface area contributed by atoms with Crippen molar-refractivity contribution in [2.75, 3.05) is 6.54 Å². The topological polar surface area (TPSA) is 77.2 Å². The van der Waals surface area contributed by atoms with Crippen LogP contribution in [0.4, 0.5) is 8.78 Å². The summed E-state index contributed by atoms with van der Waals surface area (Å²) in [6.45, 7) is 0.705. The molecule has 0 aliphatic rings. The Labute approximate surface area is 161 Å². The van der Waals surface area contributed by atoms with E-state index in [1.165, 1.54) is 24.4 Å². The van der Waals surface area contributed by atoms with E-state index in [0.717, 1.165) is 5.56 Å². The summed E-state index contributed by atoms with van der Waals surface area (Å²) in [7, 11) is 0. The predicted molar refractivity (Wildman–Crippen MR) is 101 cm³/mol. The number of carbonyl (C=O) groups excluding carboxylic acids is 1. The molecule has 7 heteroatoms. The summed E-state index contributed by atoms with van der Waals surface area (Å²) in [6, 6.07) is 14.4. The highest BCUT2D eigenvalue weighted by Crippen LogP contribution is 2.20. The molecule has 0 unspecified atom stereocenters. The number of nitrogens with one attached hydrogen (secondary N) is 1. The first-order valence-electron chi connectivity index (χ1n) is 8.69. The van der Waals surface area contributed by atoms with Crippen LogP contribution in [0.15, 0.2) is 60.8 Å². The van der Waals surface area contributed by atoms with Crippen molar-refractivity contribution < 1.29 is 18.3 Å². The molecule has 0 saturated heterocycles. The lowest BCUT2D eigenvalue weighted by Gasteiger charge is -2.08. The number of nitrogens with zero attached hydrogens (tertiary/aromatic N) is 1. The van der Waals surface area contributed by atoms with Crippen LogP contribution in [0, 0.1) is 11.6 Å². The number of primary amides is 1. The number of amides is 1. The SMILES string of the molecule is NC(=O)c1ccc(Oc2ccc(CCNCc3c(F)cccc3F)cc2)nc1. The summed E-state index contributed by atoms with van der Waals surface area (Å²) in [4.78, 5) is 15.1. The number of halogens is 2. The average Bonchev–Trinajstić information content (AvgIpc) is 2.69. The molecule has 1 heterocycles. The van der Waals surface area contributed by atoms with Crippen LogP contribution in [0.5, 0.6) is 11.6 Å².